The molecule has 0 aromatic rings. The van der Waals surface area contributed by atoms with E-state index in [-0.39, 0.29) is 23.0 Å². The van der Waals surface area contributed by atoms with Gasteiger partial charge in [-0.3, -0.25) is 9.59 Å². The highest BCUT2D eigenvalue weighted by molar-refractivity contribution is 8.00. The molecule has 2 N–H and O–H groups in total. The highest BCUT2D eigenvalue weighted by Crippen LogP contribution is 2.28. The number of rotatable bonds is 5. The molecule has 0 aliphatic heterocycles. The number of amides is 1. The highest BCUT2D eigenvalue weighted by atomic mass is 32.2. The fourth-order valence-corrected chi connectivity index (χ4v) is 2.42. The number of carbonyl (C=O) groups excluding carboxylic acids is 1. The molecule has 86 valence electrons. The molecule has 1 aliphatic carbocycles. The van der Waals surface area contributed by atoms with Crippen molar-refractivity contribution in [2.45, 2.75) is 38.1 Å². The maximum atomic E-state index is 11.5. The first-order chi connectivity index (χ1) is 7.02. The summed E-state index contributed by atoms with van der Waals surface area (Å²) in [6, 6.07) is 0. The Morgan fingerprint density at radius 2 is 1.93 bits per heavy atom. The van der Waals surface area contributed by atoms with Gasteiger partial charge in [0.15, 0.2) is 0 Å². The Morgan fingerprint density at radius 3 is 2.47 bits per heavy atom. The van der Waals surface area contributed by atoms with Gasteiger partial charge in [0.05, 0.1) is 11.5 Å². The van der Waals surface area contributed by atoms with E-state index in [4.69, 9.17) is 5.11 Å². The summed E-state index contributed by atoms with van der Waals surface area (Å²) in [5.74, 6) is -0.697. The molecule has 0 saturated heterocycles. The molecule has 0 spiro atoms. The van der Waals surface area contributed by atoms with Crippen molar-refractivity contribution >= 4 is 23.6 Å². The lowest BCUT2D eigenvalue weighted by molar-refractivity contribution is -0.133. The lowest BCUT2D eigenvalue weighted by Crippen LogP contribution is -2.44. The highest BCUT2D eigenvalue weighted by Gasteiger charge is 2.29. The largest absolute Gasteiger partial charge is 0.481 e. The van der Waals surface area contributed by atoms with Crippen LogP contribution in [0.15, 0.2) is 0 Å². The van der Waals surface area contributed by atoms with Crippen molar-refractivity contribution in [3.63, 3.8) is 0 Å². The number of hydrogen-bond acceptors (Lipinski definition) is 3. The zero-order valence-corrected chi connectivity index (χ0v) is 9.73. The number of carbonyl (C=O) groups is 2. The summed E-state index contributed by atoms with van der Waals surface area (Å²) in [6.45, 7) is 2.06. The zero-order valence-electron chi connectivity index (χ0n) is 8.91. The Bertz CT molecular complexity index is 249. The van der Waals surface area contributed by atoms with Crippen LogP contribution in [0, 0.1) is 0 Å². The standard InChI is InChI=1S/C10H17NO3S/c1-10(4-2-3-5-10)11-8(12)6-15-7-9(13)14/h2-7H2,1H3,(H,11,12)(H,13,14). The summed E-state index contributed by atoms with van der Waals surface area (Å²) in [6.07, 6.45) is 4.39. The Labute approximate surface area is 93.8 Å². The van der Waals surface area contributed by atoms with E-state index in [0.717, 1.165) is 24.6 Å². The smallest absolute Gasteiger partial charge is 0.313 e. The van der Waals surface area contributed by atoms with Gasteiger partial charge in [0.25, 0.3) is 0 Å². The Hall–Kier alpha value is -0.710. The molecule has 15 heavy (non-hydrogen) atoms. The fourth-order valence-electron chi connectivity index (χ4n) is 1.88. The summed E-state index contributed by atoms with van der Waals surface area (Å²) in [4.78, 5) is 21.7. The first-order valence-corrected chi connectivity index (χ1v) is 6.28. The van der Waals surface area contributed by atoms with Gasteiger partial charge < -0.3 is 10.4 Å². The molecule has 1 saturated carbocycles. The molecular formula is C10H17NO3S. The summed E-state index contributed by atoms with van der Waals surface area (Å²) in [5, 5.41) is 11.4. The van der Waals surface area contributed by atoms with Crippen molar-refractivity contribution in [3.05, 3.63) is 0 Å². The lowest BCUT2D eigenvalue weighted by atomic mass is 10.0. The summed E-state index contributed by atoms with van der Waals surface area (Å²) in [5.41, 5.74) is -0.0547. The zero-order chi connectivity index (χ0) is 11.3. The monoisotopic (exact) mass is 231 g/mol. The van der Waals surface area contributed by atoms with Gasteiger partial charge in [0, 0.05) is 5.54 Å². The minimum Gasteiger partial charge on any atom is -0.481 e. The third kappa shape index (κ3) is 4.55. The molecule has 0 bridgehead atoms. The van der Waals surface area contributed by atoms with E-state index in [1.54, 1.807) is 0 Å². The number of nitrogens with one attached hydrogen (secondary N) is 1. The van der Waals surface area contributed by atoms with Crippen LogP contribution in [-0.2, 0) is 9.59 Å². The maximum absolute atomic E-state index is 11.5. The van der Waals surface area contributed by atoms with Crippen LogP contribution in [0.1, 0.15) is 32.6 Å². The van der Waals surface area contributed by atoms with Crippen LogP contribution in [0.2, 0.25) is 0 Å². The van der Waals surface area contributed by atoms with E-state index >= 15 is 0 Å². The van der Waals surface area contributed by atoms with E-state index in [0.29, 0.717) is 0 Å². The molecule has 4 nitrogen and oxygen atoms in total. The van der Waals surface area contributed by atoms with E-state index in [1.807, 2.05) is 0 Å². The third-order valence-electron chi connectivity index (χ3n) is 2.61. The van der Waals surface area contributed by atoms with E-state index in [9.17, 15) is 9.59 Å². The van der Waals surface area contributed by atoms with E-state index in [1.165, 1.54) is 12.8 Å². The van der Waals surface area contributed by atoms with Crippen molar-refractivity contribution in [3.8, 4) is 0 Å². The fraction of sp³-hybridized carbons (Fsp3) is 0.800. The average molecular weight is 231 g/mol. The molecule has 0 aromatic carbocycles. The molecule has 5 heteroatoms. The normalized spacial score (nSPS) is 18.7. The topological polar surface area (TPSA) is 66.4 Å². The molecule has 0 heterocycles. The van der Waals surface area contributed by atoms with Crippen LogP contribution in [0.25, 0.3) is 0 Å². The van der Waals surface area contributed by atoms with Gasteiger partial charge in [-0.1, -0.05) is 12.8 Å². The van der Waals surface area contributed by atoms with Gasteiger partial charge in [-0.05, 0) is 19.8 Å². The third-order valence-corrected chi connectivity index (χ3v) is 3.52. The Balaban J connectivity index is 2.20. The van der Waals surface area contributed by atoms with Crippen LogP contribution in [0.5, 0.6) is 0 Å². The number of carboxylic acids is 1. The summed E-state index contributed by atoms with van der Waals surface area (Å²) < 4.78 is 0. The molecule has 1 aliphatic rings. The van der Waals surface area contributed by atoms with Gasteiger partial charge in [0.2, 0.25) is 5.91 Å². The number of carboxylic acid groups (broad SMARTS) is 1. The van der Waals surface area contributed by atoms with Gasteiger partial charge in [-0.25, -0.2) is 0 Å². The van der Waals surface area contributed by atoms with Crippen molar-refractivity contribution in [1.82, 2.24) is 5.32 Å². The predicted octanol–water partition coefficient (Wildman–Crippen LogP) is 1.25. The van der Waals surface area contributed by atoms with Crippen LogP contribution < -0.4 is 5.32 Å². The molecule has 1 rings (SSSR count). The van der Waals surface area contributed by atoms with Crippen molar-refractivity contribution < 1.29 is 14.7 Å². The molecule has 1 fully saturated rings. The number of thioether (sulfide) groups is 1. The average Bonchev–Trinajstić information content (AvgIpc) is 2.50. The van der Waals surface area contributed by atoms with Crippen LogP contribution >= 0.6 is 11.8 Å². The predicted molar refractivity (Wildman–Crippen MR) is 60.0 cm³/mol. The molecule has 0 radical (unpaired) electrons. The van der Waals surface area contributed by atoms with Gasteiger partial charge in [0.1, 0.15) is 0 Å². The summed E-state index contributed by atoms with van der Waals surface area (Å²) in [7, 11) is 0. The van der Waals surface area contributed by atoms with Crippen molar-refractivity contribution in [2.24, 2.45) is 0 Å². The van der Waals surface area contributed by atoms with Gasteiger partial charge in [-0.15, -0.1) is 11.8 Å². The van der Waals surface area contributed by atoms with Gasteiger partial charge >= 0.3 is 5.97 Å². The van der Waals surface area contributed by atoms with Crippen LogP contribution in [0.3, 0.4) is 0 Å². The second-order valence-electron chi connectivity index (χ2n) is 4.20. The summed E-state index contributed by atoms with van der Waals surface area (Å²) >= 11 is 1.14. The van der Waals surface area contributed by atoms with E-state index in [2.05, 4.69) is 12.2 Å². The second-order valence-corrected chi connectivity index (χ2v) is 5.19. The Morgan fingerprint density at radius 1 is 1.33 bits per heavy atom. The second kappa shape index (κ2) is 5.39. The molecule has 1 amide bonds. The number of hydrogen-bond donors (Lipinski definition) is 2. The maximum Gasteiger partial charge on any atom is 0.313 e. The van der Waals surface area contributed by atoms with E-state index < -0.39 is 5.97 Å². The van der Waals surface area contributed by atoms with Crippen molar-refractivity contribution in [2.75, 3.05) is 11.5 Å². The first-order valence-electron chi connectivity index (χ1n) is 5.12. The quantitative estimate of drug-likeness (QED) is 0.747. The molecule has 0 aromatic heterocycles. The molecular weight excluding hydrogens is 214 g/mol. The van der Waals surface area contributed by atoms with Gasteiger partial charge in [-0.2, -0.15) is 0 Å². The first kappa shape index (κ1) is 12.4. The lowest BCUT2D eigenvalue weighted by Gasteiger charge is -2.25. The number of aliphatic carboxylic acids is 1. The molecule has 0 unspecified atom stereocenters. The SMILES string of the molecule is CC1(NC(=O)CSCC(=O)O)CCCC1. The van der Waals surface area contributed by atoms with Crippen molar-refractivity contribution in [1.29, 1.82) is 0 Å². The molecule has 0 atom stereocenters. The van der Waals surface area contributed by atoms with Crippen LogP contribution in [-0.4, -0.2) is 34.0 Å². The van der Waals surface area contributed by atoms with Crippen LogP contribution in [0.4, 0.5) is 0 Å². The minimum atomic E-state index is -0.875. The minimum absolute atomic E-state index is 0.00979. The Kier molecular flexibility index (Phi) is 4.45.